The maximum Gasteiger partial charge on any atom is 0.383 e. The van der Waals surface area contributed by atoms with Crippen molar-refractivity contribution in [1.29, 1.82) is 0 Å². The van der Waals surface area contributed by atoms with Gasteiger partial charge in [0.15, 0.2) is 0 Å². The molecule has 0 amide bonds. The summed E-state index contributed by atoms with van der Waals surface area (Å²) >= 11 is 0. The molecular weight excluding hydrogens is 182 g/mol. The molecule has 0 spiro atoms. The SMILES string of the molecule is COC(=O)C1CC1(C(=O)O)[N+](=O)[O-]. The van der Waals surface area contributed by atoms with E-state index >= 15 is 0 Å². The molecule has 13 heavy (non-hydrogen) atoms. The normalized spacial score (nSPS) is 30.7. The second kappa shape index (κ2) is 2.68. The molecule has 7 heteroatoms. The molecule has 0 aliphatic heterocycles. The Hall–Kier alpha value is -1.66. The van der Waals surface area contributed by atoms with Crippen molar-refractivity contribution in [3.8, 4) is 0 Å². The quantitative estimate of drug-likeness (QED) is 0.356. The van der Waals surface area contributed by atoms with Gasteiger partial charge in [0.2, 0.25) is 0 Å². The topological polar surface area (TPSA) is 107 Å². The van der Waals surface area contributed by atoms with Gasteiger partial charge in [0.05, 0.1) is 13.5 Å². The van der Waals surface area contributed by atoms with Crippen molar-refractivity contribution in [2.45, 2.75) is 12.0 Å². The Kier molecular flexibility index (Phi) is 1.94. The van der Waals surface area contributed by atoms with Gasteiger partial charge in [-0.3, -0.25) is 14.9 Å². The number of carboxylic acid groups (broad SMARTS) is 1. The van der Waals surface area contributed by atoms with Crippen LogP contribution >= 0.6 is 0 Å². The first kappa shape index (κ1) is 9.43. The fourth-order valence-corrected chi connectivity index (χ4v) is 1.19. The van der Waals surface area contributed by atoms with Crippen molar-refractivity contribution >= 4 is 11.9 Å². The lowest BCUT2D eigenvalue weighted by molar-refractivity contribution is -0.527. The fourth-order valence-electron chi connectivity index (χ4n) is 1.19. The van der Waals surface area contributed by atoms with Crippen LogP contribution in [0, 0.1) is 16.0 Å². The van der Waals surface area contributed by atoms with Gasteiger partial charge in [-0.1, -0.05) is 0 Å². The number of ether oxygens (including phenoxy) is 1. The minimum absolute atomic E-state index is 0.290. The van der Waals surface area contributed by atoms with Gasteiger partial charge in [-0.25, -0.2) is 4.79 Å². The van der Waals surface area contributed by atoms with E-state index in [4.69, 9.17) is 5.11 Å². The van der Waals surface area contributed by atoms with Gasteiger partial charge in [-0.2, -0.15) is 0 Å². The minimum atomic E-state index is -2.15. The average Bonchev–Trinajstić information content (AvgIpc) is 2.78. The summed E-state index contributed by atoms with van der Waals surface area (Å²) in [5, 5.41) is 18.9. The molecule has 1 N–H and O–H groups in total. The molecule has 1 rings (SSSR count). The average molecular weight is 189 g/mol. The molecule has 0 aromatic heterocycles. The third-order valence-corrected chi connectivity index (χ3v) is 2.11. The summed E-state index contributed by atoms with van der Waals surface area (Å²) in [6, 6.07) is 0. The van der Waals surface area contributed by atoms with E-state index < -0.39 is 28.3 Å². The van der Waals surface area contributed by atoms with Crippen LogP contribution in [0.3, 0.4) is 0 Å². The summed E-state index contributed by atoms with van der Waals surface area (Å²) in [5.41, 5.74) is -2.15. The molecule has 2 atom stereocenters. The van der Waals surface area contributed by atoms with Gasteiger partial charge in [-0.05, 0) is 0 Å². The Morgan fingerprint density at radius 3 is 2.46 bits per heavy atom. The first-order valence-electron chi connectivity index (χ1n) is 3.42. The smallest absolute Gasteiger partial charge is 0.383 e. The van der Waals surface area contributed by atoms with Crippen molar-refractivity contribution in [1.82, 2.24) is 0 Å². The van der Waals surface area contributed by atoms with Gasteiger partial charge in [0, 0.05) is 4.92 Å². The maximum absolute atomic E-state index is 10.8. The summed E-state index contributed by atoms with van der Waals surface area (Å²) in [4.78, 5) is 30.7. The van der Waals surface area contributed by atoms with Crippen LogP contribution in [0.1, 0.15) is 6.42 Å². The van der Waals surface area contributed by atoms with Crippen LogP contribution in [0.4, 0.5) is 0 Å². The van der Waals surface area contributed by atoms with Crippen molar-refractivity contribution in [2.24, 2.45) is 5.92 Å². The Morgan fingerprint density at radius 2 is 2.23 bits per heavy atom. The number of aliphatic carboxylic acids is 1. The number of hydrogen-bond donors (Lipinski definition) is 1. The number of esters is 1. The van der Waals surface area contributed by atoms with Crippen molar-refractivity contribution < 1.29 is 24.4 Å². The number of carbonyl (C=O) groups excluding carboxylic acids is 1. The summed E-state index contributed by atoms with van der Waals surface area (Å²) in [5.74, 6) is -3.59. The maximum atomic E-state index is 10.8. The van der Waals surface area contributed by atoms with E-state index in [2.05, 4.69) is 4.74 Å². The second-order valence-electron chi connectivity index (χ2n) is 2.77. The van der Waals surface area contributed by atoms with Crippen LogP contribution in [0.2, 0.25) is 0 Å². The van der Waals surface area contributed by atoms with E-state index in [0.717, 1.165) is 7.11 Å². The summed E-state index contributed by atoms with van der Waals surface area (Å²) in [6.07, 6.45) is -0.290. The highest BCUT2D eigenvalue weighted by Gasteiger charge is 2.76. The van der Waals surface area contributed by atoms with Crippen LogP contribution in [0.15, 0.2) is 0 Å². The summed E-state index contributed by atoms with van der Waals surface area (Å²) in [7, 11) is 1.06. The highest BCUT2D eigenvalue weighted by Crippen LogP contribution is 2.47. The minimum Gasteiger partial charge on any atom is -0.476 e. The first-order chi connectivity index (χ1) is 5.96. The van der Waals surface area contributed by atoms with E-state index in [9.17, 15) is 19.7 Å². The number of nitro groups is 1. The molecule has 72 valence electrons. The van der Waals surface area contributed by atoms with E-state index in [1.807, 2.05) is 0 Å². The molecule has 0 heterocycles. The number of nitrogens with zero attached hydrogens (tertiary/aromatic N) is 1. The highest BCUT2D eigenvalue weighted by atomic mass is 16.6. The lowest BCUT2D eigenvalue weighted by atomic mass is 10.2. The van der Waals surface area contributed by atoms with Crippen LogP contribution in [-0.4, -0.2) is 34.6 Å². The standard InChI is InChI=1S/C6H7NO6/c1-13-4(8)3-2-6(3,5(9)10)7(11)12/h3H,2H2,1H3,(H,9,10). The van der Waals surface area contributed by atoms with E-state index in [0.29, 0.717) is 0 Å². The van der Waals surface area contributed by atoms with Crippen molar-refractivity contribution in [3.63, 3.8) is 0 Å². The fraction of sp³-hybridized carbons (Fsp3) is 0.667. The number of methoxy groups -OCH3 is 1. The van der Waals surface area contributed by atoms with E-state index in [-0.39, 0.29) is 6.42 Å². The van der Waals surface area contributed by atoms with Crippen LogP contribution < -0.4 is 0 Å². The second-order valence-corrected chi connectivity index (χ2v) is 2.77. The third kappa shape index (κ3) is 1.12. The predicted molar refractivity (Wildman–Crippen MR) is 37.5 cm³/mol. The number of carboxylic acids is 1. The molecule has 0 radical (unpaired) electrons. The molecular formula is C6H7NO6. The predicted octanol–water partition coefficient (Wildman–Crippen LogP) is -0.721. The zero-order valence-electron chi connectivity index (χ0n) is 6.72. The zero-order valence-corrected chi connectivity index (χ0v) is 6.72. The Balaban J connectivity index is 2.85. The van der Waals surface area contributed by atoms with Crippen LogP contribution in [0.5, 0.6) is 0 Å². The number of rotatable bonds is 3. The molecule has 2 unspecified atom stereocenters. The van der Waals surface area contributed by atoms with Gasteiger partial charge in [-0.15, -0.1) is 0 Å². The molecule has 1 aliphatic rings. The summed E-state index contributed by atoms with van der Waals surface area (Å²) < 4.78 is 4.22. The monoisotopic (exact) mass is 189 g/mol. The van der Waals surface area contributed by atoms with Gasteiger partial charge >= 0.3 is 17.5 Å². The highest BCUT2D eigenvalue weighted by molar-refractivity contribution is 5.92. The molecule has 1 aliphatic carbocycles. The zero-order chi connectivity index (χ0) is 10.2. The lowest BCUT2D eigenvalue weighted by Gasteiger charge is -2.01. The molecule has 1 fully saturated rings. The lowest BCUT2D eigenvalue weighted by Crippen LogP contribution is -2.36. The van der Waals surface area contributed by atoms with E-state index in [1.54, 1.807) is 0 Å². The number of hydrogen-bond acceptors (Lipinski definition) is 5. The van der Waals surface area contributed by atoms with E-state index in [1.165, 1.54) is 0 Å². The third-order valence-electron chi connectivity index (χ3n) is 2.11. The number of carbonyl (C=O) groups is 2. The molecule has 0 saturated heterocycles. The Labute approximate surface area is 72.4 Å². The van der Waals surface area contributed by atoms with Gasteiger partial charge in [0.1, 0.15) is 5.92 Å². The van der Waals surface area contributed by atoms with Crippen molar-refractivity contribution in [2.75, 3.05) is 7.11 Å². The van der Waals surface area contributed by atoms with Gasteiger partial charge < -0.3 is 9.84 Å². The Bertz CT molecular complexity index is 271. The summed E-state index contributed by atoms with van der Waals surface area (Å²) in [6.45, 7) is 0. The first-order valence-corrected chi connectivity index (χ1v) is 3.42. The Morgan fingerprint density at radius 1 is 1.69 bits per heavy atom. The molecule has 1 saturated carbocycles. The largest absolute Gasteiger partial charge is 0.476 e. The van der Waals surface area contributed by atoms with Crippen LogP contribution in [0.25, 0.3) is 0 Å². The molecule has 7 nitrogen and oxygen atoms in total. The van der Waals surface area contributed by atoms with Gasteiger partial charge in [0.25, 0.3) is 0 Å². The molecule has 0 aromatic carbocycles. The van der Waals surface area contributed by atoms with Crippen LogP contribution in [-0.2, 0) is 14.3 Å². The van der Waals surface area contributed by atoms with Crippen molar-refractivity contribution in [3.05, 3.63) is 10.1 Å². The molecule has 0 bridgehead atoms. The molecule has 0 aromatic rings.